The van der Waals surface area contributed by atoms with Gasteiger partial charge in [-0.25, -0.2) is 9.97 Å². The van der Waals surface area contributed by atoms with Crippen LogP contribution in [0.1, 0.15) is 23.3 Å². The molecule has 126 valence electrons. The number of thiazole rings is 1. The molecular formula is C17H22N6S. The number of hydrogen-bond donors (Lipinski definition) is 0. The maximum atomic E-state index is 4.64. The summed E-state index contributed by atoms with van der Waals surface area (Å²) in [6, 6.07) is 4.16. The molecule has 0 spiro atoms. The fourth-order valence-electron chi connectivity index (χ4n) is 3.20. The van der Waals surface area contributed by atoms with Crippen LogP contribution in [0.15, 0.2) is 23.7 Å². The molecule has 0 atom stereocenters. The van der Waals surface area contributed by atoms with Gasteiger partial charge in [-0.3, -0.25) is 4.90 Å². The minimum absolute atomic E-state index is 0.935. The van der Waals surface area contributed by atoms with Gasteiger partial charge < -0.3 is 4.90 Å². The van der Waals surface area contributed by atoms with Crippen LogP contribution in [0.5, 0.6) is 0 Å². The van der Waals surface area contributed by atoms with E-state index in [1.54, 1.807) is 11.3 Å². The number of aryl methyl sites for hydroxylation is 2. The Morgan fingerprint density at radius 3 is 2.67 bits per heavy atom. The predicted octanol–water partition coefficient (Wildman–Crippen LogP) is 2.38. The van der Waals surface area contributed by atoms with E-state index in [9.17, 15) is 0 Å². The van der Waals surface area contributed by atoms with Crippen molar-refractivity contribution in [3.63, 3.8) is 0 Å². The molecule has 0 bridgehead atoms. The molecule has 24 heavy (non-hydrogen) atoms. The zero-order valence-corrected chi connectivity index (χ0v) is 15.0. The van der Waals surface area contributed by atoms with Gasteiger partial charge in [0.05, 0.1) is 16.9 Å². The van der Waals surface area contributed by atoms with Gasteiger partial charge in [0.15, 0.2) is 5.65 Å². The summed E-state index contributed by atoms with van der Waals surface area (Å²) >= 11 is 1.73. The molecule has 3 aromatic heterocycles. The molecule has 1 aliphatic rings. The monoisotopic (exact) mass is 342 g/mol. The Kier molecular flexibility index (Phi) is 4.20. The standard InChI is InChI=1S/C17H22N6S/c1-3-14-10-17(23-16(20-14)4-5-18-23)22-8-6-21(7-9-22)11-15-12-24-13(2)19-15/h4-5,10,12H,3,6-9,11H2,1-2H3. The molecule has 4 heterocycles. The molecular weight excluding hydrogens is 320 g/mol. The van der Waals surface area contributed by atoms with Gasteiger partial charge in [-0.15, -0.1) is 11.3 Å². The highest BCUT2D eigenvalue weighted by atomic mass is 32.1. The van der Waals surface area contributed by atoms with Crippen molar-refractivity contribution in [2.24, 2.45) is 0 Å². The largest absolute Gasteiger partial charge is 0.354 e. The van der Waals surface area contributed by atoms with Crippen molar-refractivity contribution in [3.05, 3.63) is 40.1 Å². The molecule has 1 saturated heterocycles. The second-order valence-corrected chi connectivity index (χ2v) is 7.24. The number of hydrogen-bond acceptors (Lipinski definition) is 6. The molecule has 7 heteroatoms. The number of rotatable bonds is 4. The van der Waals surface area contributed by atoms with Gasteiger partial charge in [0.25, 0.3) is 0 Å². The first-order chi connectivity index (χ1) is 11.7. The summed E-state index contributed by atoms with van der Waals surface area (Å²) in [7, 11) is 0. The van der Waals surface area contributed by atoms with Crippen molar-refractivity contribution in [2.45, 2.75) is 26.8 Å². The van der Waals surface area contributed by atoms with Crippen LogP contribution < -0.4 is 4.90 Å². The van der Waals surface area contributed by atoms with Gasteiger partial charge in [-0.2, -0.15) is 9.61 Å². The number of anilines is 1. The number of piperazine rings is 1. The van der Waals surface area contributed by atoms with Crippen LogP contribution in [-0.2, 0) is 13.0 Å². The number of aromatic nitrogens is 4. The van der Waals surface area contributed by atoms with E-state index in [0.717, 1.165) is 61.3 Å². The molecule has 6 nitrogen and oxygen atoms in total. The average Bonchev–Trinajstić information content (AvgIpc) is 3.23. The molecule has 0 saturated carbocycles. The zero-order chi connectivity index (χ0) is 16.5. The van der Waals surface area contributed by atoms with Gasteiger partial charge >= 0.3 is 0 Å². The third-order valence-corrected chi connectivity index (χ3v) is 5.33. The third kappa shape index (κ3) is 3.01. The van der Waals surface area contributed by atoms with Crippen LogP contribution in [0.3, 0.4) is 0 Å². The Bertz CT molecular complexity index is 831. The third-order valence-electron chi connectivity index (χ3n) is 4.50. The summed E-state index contributed by atoms with van der Waals surface area (Å²) in [6.07, 6.45) is 2.77. The molecule has 3 aromatic rings. The van der Waals surface area contributed by atoms with Crippen molar-refractivity contribution >= 4 is 22.8 Å². The van der Waals surface area contributed by atoms with E-state index >= 15 is 0 Å². The highest BCUT2D eigenvalue weighted by molar-refractivity contribution is 7.09. The van der Waals surface area contributed by atoms with Gasteiger partial charge in [0.1, 0.15) is 5.82 Å². The fourth-order valence-corrected chi connectivity index (χ4v) is 3.80. The van der Waals surface area contributed by atoms with Crippen molar-refractivity contribution < 1.29 is 0 Å². The van der Waals surface area contributed by atoms with Crippen molar-refractivity contribution in [2.75, 3.05) is 31.1 Å². The Labute approximate surface area is 145 Å². The van der Waals surface area contributed by atoms with E-state index in [4.69, 9.17) is 0 Å². The summed E-state index contributed by atoms with van der Waals surface area (Å²) in [6.45, 7) is 9.26. The summed E-state index contributed by atoms with van der Waals surface area (Å²) in [5, 5.41) is 7.77. The van der Waals surface area contributed by atoms with Crippen LogP contribution >= 0.6 is 11.3 Å². The number of nitrogens with zero attached hydrogens (tertiary/aromatic N) is 6. The molecule has 0 amide bonds. The maximum Gasteiger partial charge on any atom is 0.157 e. The Morgan fingerprint density at radius 1 is 1.12 bits per heavy atom. The van der Waals surface area contributed by atoms with E-state index in [1.807, 2.05) is 16.8 Å². The molecule has 0 radical (unpaired) electrons. The zero-order valence-electron chi connectivity index (χ0n) is 14.1. The SMILES string of the molecule is CCc1cc(N2CCN(Cc3csc(C)n3)CC2)n2nccc2n1. The van der Waals surface area contributed by atoms with Crippen LogP contribution in [0, 0.1) is 6.92 Å². The predicted molar refractivity (Wildman–Crippen MR) is 96.7 cm³/mol. The van der Waals surface area contributed by atoms with E-state index in [1.165, 1.54) is 5.69 Å². The summed E-state index contributed by atoms with van der Waals surface area (Å²) in [5.41, 5.74) is 3.25. The van der Waals surface area contributed by atoms with E-state index < -0.39 is 0 Å². The van der Waals surface area contributed by atoms with Crippen LogP contribution in [0.25, 0.3) is 5.65 Å². The van der Waals surface area contributed by atoms with Crippen LogP contribution in [0.2, 0.25) is 0 Å². The van der Waals surface area contributed by atoms with Crippen LogP contribution in [-0.4, -0.2) is 50.7 Å². The van der Waals surface area contributed by atoms with Gasteiger partial charge in [0.2, 0.25) is 0 Å². The lowest BCUT2D eigenvalue weighted by Crippen LogP contribution is -2.46. The summed E-state index contributed by atoms with van der Waals surface area (Å²) in [5.74, 6) is 1.16. The molecule has 0 aliphatic carbocycles. The first-order valence-electron chi connectivity index (χ1n) is 8.45. The van der Waals surface area contributed by atoms with Crippen LogP contribution in [0.4, 0.5) is 5.82 Å². The molecule has 0 aromatic carbocycles. The lowest BCUT2D eigenvalue weighted by Gasteiger charge is -2.35. The average molecular weight is 342 g/mol. The Balaban J connectivity index is 1.48. The van der Waals surface area contributed by atoms with Gasteiger partial charge in [0, 0.05) is 55.9 Å². The Morgan fingerprint density at radius 2 is 1.96 bits per heavy atom. The minimum Gasteiger partial charge on any atom is -0.354 e. The van der Waals surface area contributed by atoms with E-state index in [-0.39, 0.29) is 0 Å². The number of fused-ring (bicyclic) bond motifs is 1. The fraction of sp³-hybridized carbons (Fsp3) is 0.471. The highest BCUT2D eigenvalue weighted by Gasteiger charge is 2.20. The quantitative estimate of drug-likeness (QED) is 0.729. The molecule has 0 unspecified atom stereocenters. The second-order valence-electron chi connectivity index (χ2n) is 6.18. The topological polar surface area (TPSA) is 49.6 Å². The normalized spacial score (nSPS) is 16.2. The Hall–Kier alpha value is -1.99. The van der Waals surface area contributed by atoms with Crippen molar-refractivity contribution in [1.82, 2.24) is 24.5 Å². The van der Waals surface area contributed by atoms with E-state index in [0.29, 0.717) is 0 Å². The molecule has 4 rings (SSSR count). The smallest absolute Gasteiger partial charge is 0.157 e. The van der Waals surface area contributed by atoms with Gasteiger partial charge in [-0.05, 0) is 13.3 Å². The van der Waals surface area contributed by atoms with Gasteiger partial charge in [-0.1, -0.05) is 6.92 Å². The second kappa shape index (κ2) is 6.49. The lowest BCUT2D eigenvalue weighted by molar-refractivity contribution is 0.246. The van der Waals surface area contributed by atoms with E-state index in [2.05, 4.69) is 50.2 Å². The van der Waals surface area contributed by atoms with Crippen molar-refractivity contribution in [1.29, 1.82) is 0 Å². The van der Waals surface area contributed by atoms with Crippen molar-refractivity contribution in [3.8, 4) is 0 Å². The first-order valence-corrected chi connectivity index (χ1v) is 9.33. The highest BCUT2D eigenvalue weighted by Crippen LogP contribution is 2.20. The first kappa shape index (κ1) is 15.5. The minimum atomic E-state index is 0.935. The molecule has 0 N–H and O–H groups in total. The summed E-state index contributed by atoms with van der Waals surface area (Å²) in [4.78, 5) is 14.1. The summed E-state index contributed by atoms with van der Waals surface area (Å²) < 4.78 is 1.96. The molecule has 1 fully saturated rings. The lowest BCUT2D eigenvalue weighted by atomic mass is 10.2. The molecule has 1 aliphatic heterocycles. The maximum absolute atomic E-state index is 4.64.